The first-order valence-electron chi connectivity index (χ1n) is 7.97. The molecule has 120 valence electrons. The lowest BCUT2D eigenvalue weighted by Gasteiger charge is -2.14. The quantitative estimate of drug-likeness (QED) is 0.739. The standard InChI is InChI=1S/C20H23NO2/c1-4-22-19-10-8-17(9-11-19)18(14-21)12-13-23-20-15(2)6-5-7-16(20)3/h5-11,18H,4,12-13H2,1-3H3. The summed E-state index contributed by atoms with van der Waals surface area (Å²) in [6, 6.07) is 16.2. The molecule has 0 N–H and O–H groups in total. The third-order valence-corrected chi connectivity index (χ3v) is 3.81. The number of para-hydroxylation sites is 1. The lowest BCUT2D eigenvalue weighted by Crippen LogP contribution is -2.06. The number of nitrogens with zero attached hydrogens (tertiary/aromatic N) is 1. The van der Waals surface area contributed by atoms with Crippen molar-refractivity contribution in [3.8, 4) is 17.6 Å². The molecule has 0 spiro atoms. The van der Waals surface area contributed by atoms with Crippen LogP contribution >= 0.6 is 0 Å². The van der Waals surface area contributed by atoms with E-state index in [1.54, 1.807) is 0 Å². The van der Waals surface area contributed by atoms with Gasteiger partial charge in [-0.05, 0) is 49.6 Å². The Kier molecular flexibility index (Phi) is 6.05. The van der Waals surface area contributed by atoms with Gasteiger partial charge in [-0.1, -0.05) is 30.3 Å². The Balaban J connectivity index is 1.96. The van der Waals surface area contributed by atoms with Crippen molar-refractivity contribution in [3.63, 3.8) is 0 Å². The molecule has 2 aromatic carbocycles. The number of rotatable bonds is 7. The topological polar surface area (TPSA) is 42.2 Å². The molecule has 3 heteroatoms. The van der Waals surface area contributed by atoms with Crippen LogP contribution in [0.3, 0.4) is 0 Å². The molecule has 0 heterocycles. The molecular formula is C20H23NO2. The highest BCUT2D eigenvalue weighted by molar-refractivity contribution is 5.39. The van der Waals surface area contributed by atoms with Gasteiger partial charge in [0.15, 0.2) is 0 Å². The molecule has 0 saturated carbocycles. The van der Waals surface area contributed by atoms with E-state index in [1.807, 2.05) is 63.2 Å². The number of hydrogen-bond acceptors (Lipinski definition) is 3. The Hall–Kier alpha value is -2.47. The molecule has 0 bridgehead atoms. The summed E-state index contributed by atoms with van der Waals surface area (Å²) in [7, 11) is 0. The lowest BCUT2D eigenvalue weighted by molar-refractivity contribution is 0.302. The third kappa shape index (κ3) is 4.50. The Morgan fingerprint density at radius 3 is 2.22 bits per heavy atom. The molecule has 23 heavy (non-hydrogen) atoms. The van der Waals surface area contributed by atoms with Crippen LogP contribution in [0.5, 0.6) is 11.5 Å². The Morgan fingerprint density at radius 2 is 1.65 bits per heavy atom. The highest BCUT2D eigenvalue weighted by Crippen LogP contribution is 2.25. The summed E-state index contributed by atoms with van der Waals surface area (Å²) in [6.45, 7) is 7.20. The number of ether oxygens (including phenoxy) is 2. The van der Waals surface area contributed by atoms with Crippen LogP contribution in [0.15, 0.2) is 42.5 Å². The molecule has 0 fully saturated rings. The monoisotopic (exact) mass is 309 g/mol. The molecule has 0 aliphatic heterocycles. The minimum atomic E-state index is -0.171. The molecule has 0 aliphatic rings. The minimum Gasteiger partial charge on any atom is -0.494 e. The van der Waals surface area contributed by atoms with Gasteiger partial charge in [-0.3, -0.25) is 0 Å². The van der Waals surface area contributed by atoms with Crippen molar-refractivity contribution in [1.29, 1.82) is 5.26 Å². The van der Waals surface area contributed by atoms with Gasteiger partial charge in [-0.15, -0.1) is 0 Å². The van der Waals surface area contributed by atoms with E-state index in [0.717, 1.165) is 28.2 Å². The zero-order valence-electron chi connectivity index (χ0n) is 14.0. The zero-order chi connectivity index (χ0) is 16.7. The molecule has 3 nitrogen and oxygen atoms in total. The Morgan fingerprint density at radius 1 is 1.00 bits per heavy atom. The third-order valence-electron chi connectivity index (χ3n) is 3.81. The van der Waals surface area contributed by atoms with Gasteiger partial charge in [-0.25, -0.2) is 0 Å². The van der Waals surface area contributed by atoms with Crippen molar-refractivity contribution < 1.29 is 9.47 Å². The van der Waals surface area contributed by atoms with Gasteiger partial charge < -0.3 is 9.47 Å². The summed E-state index contributed by atoms with van der Waals surface area (Å²) >= 11 is 0. The molecule has 2 rings (SSSR count). The second kappa shape index (κ2) is 8.24. The van der Waals surface area contributed by atoms with Crippen molar-refractivity contribution in [3.05, 3.63) is 59.2 Å². The molecule has 0 aliphatic carbocycles. The average molecular weight is 309 g/mol. The summed E-state index contributed by atoms with van der Waals surface area (Å²) in [4.78, 5) is 0. The van der Waals surface area contributed by atoms with E-state index in [4.69, 9.17) is 9.47 Å². The van der Waals surface area contributed by atoms with Crippen LogP contribution in [0, 0.1) is 25.2 Å². The predicted molar refractivity (Wildman–Crippen MR) is 92.0 cm³/mol. The fourth-order valence-electron chi connectivity index (χ4n) is 2.57. The number of nitriles is 1. The van der Waals surface area contributed by atoms with Crippen molar-refractivity contribution >= 4 is 0 Å². The van der Waals surface area contributed by atoms with Crippen molar-refractivity contribution in [2.75, 3.05) is 13.2 Å². The van der Waals surface area contributed by atoms with Crippen LogP contribution in [0.4, 0.5) is 0 Å². The summed E-state index contributed by atoms with van der Waals surface area (Å²) in [5, 5.41) is 9.42. The fraction of sp³-hybridized carbons (Fsp3) is 0.350. The van der Waals surface area contributed by atoms with Crippen LogP contribution in [-0.2, 0) is 0 Å². The van der Waals surface area contributed by atoms with Crippen LogP contribution < -0.4 is 9.47 Å². The summed E-state index contributed by atoms with van der Waals surface area (Å²) in [5.74, 6) is 1.59. The van der Waals surface area contributed by atoms with E-state index in [1.165, 1.54) is 0 Å². The van der Waals surface area contributed by atoms with E-state index in [9.17, 15) is 5.26 Å². The normalized spacial score (nSPS) is 11.6. The first kappa shape index (κ1) is 16.9. The van der Waals surface area contributed by atoms with Crippen LogP contribution in [0.25, 0.3) is 0 Å². The SMILES string of the molecule is CCOc1ccc(C(C#N)CCOc2c(C)cccc2C)cc1. The maximum absolute atomic E-state index is 9.42. The number of hydrogen-bond donors (Lipinski definition) is 0. The summed E-state index contributed by atoms with van der Waals surface area (Å²) in [5.41, 5.74) is 3.25. The first-order valence-corrected chi connectivity index (χ1v) is 7.97. The Bertz CT molecular complexity index is 651. The molecule has 1 unspecified atom stereocenters. The first-order chi connectivity index (χ1) is 11.2. The van der Waals surface area contributed by atoms with E-state index in [2.05, 4.69) is 6.07 Å². The summed E-state index contributed by atoms with van der Waals surface area (Å²) in [6.07, 6.45) is 0.665. The van der Waals surface area contributed by atoms with Gasteiger partial charge >= 0.3 is 0 Å². The van der Waals surface area contributed by atoms with E-state index < -0.39 is 0 Å². The molecule has 0 radical (unpaired) electrons. The van der Waals surface area contributed by atoms with Crippen molar-refractivity contribution in [2.24, 2.45) is 0 Å². The zero-order valence-corrected chi connectivity index (χ0v) is 14.0. The fourth-order valence-corrected chi connectivity index (χ4v) is 2.57. The van der Waals surface area contributed by atoms with E-state index in [-0.39, 0.29) is 5.92 Å². The largest absolute Gasteiger partial charge is 0.494 e. The van der Waals surface area contributed by atoms with Crippen molar-refractivity contribution in [1.82, 2.24) is 0 Å². The maximum atomic E-state index is 9.42. The highest BCUT2D eigenvalue weighted by Gasteiger charge is 2.12. The van der Waals surface area contributed by atoms with Gasteiger partial charge in [0.1, 0.15) is 11.5 Å². The highest BCUT2D eigenvalue weighted by atomic mass is 16.5. The second-order valence-corrected chi connectivity index (χ2v) is 5.54. The van der Waals surface area contributed by atoms with Gasteiger partial charge in [0.2, 0.25) is 0 Å². The molecule has 0 saturated heterocycles. The van der Waals surface area contributed by atoms with Gasteiger partial charge in [-0.2, -0.15) is 5.26 Å². The van der Waals surface area contributed by atoms with Gasteiger partial charge in [0.05, 0.1) is 25.2 Å². The predicted octanol–water partition coefficient (Wildman–Crippen LogP) is 4.78. The van der Waals surface area contributed by atoms with Crippen LogP contribution in [0.2, 0.25) is 0 Å². The average Bonchev–Trinajstić information content (AvgIpc) is 2.55. The second-order valence-electron chi connectivity index (χ2n) is 5.54. The van der Waals surface area contributed by atoms with E-state index >= 15 is 0 Å². The molecule has 0 aromatic heterocycles. The number of aryl methyl sites for hydroxylation is 2. The maximum Gasteiger partial charge on any atom is 0.125 e. The molecule has 2 aromatic rings. The molecule has 0 amide bonds. The molecule has 1 atom stereocenters. The van der Waals surface area contributed by atoms with Gasteiger partial charge in [0, 0.05) is 6.42 Å². The van der Waals surface area contributed by atoms with E-state index in [0.29, 0.717) is 19.6 Å². The minimum absolute atomic E-state index is 0.171. The van der Waals surface area contributed by atoms with Crippen molar-refractivity contribution in [2.45, 2.75) is 33.1 Å². The van der Waals surface area contributed by atoms with Crippen LogP contribution in [0.1, 0.15) is 36.0 Å². The van der Waals surface area contributed by atoms with Crippen LogP contribution in [-0.4, -0.2) is 13.2 Å². The smallest absolute Gasteiger partial charge is 0.125 e. The Labute approximate surface area is 138 Å². The number of benzene rings is 2. The van der Waals surface area contributed by atoms with Gasteiger partial charge in [0.25, 0.3) is 0 Å². The summed E-state index contributed by atoms with van der Waals surface area (Å²) < 4.78 is 11.3. The molecular weight excluding hydrogens is 286 g/mol. The lowest BCUT2D eigenvalue weighted by atomic mass is 9.97.